The van der Waals surface area contributed by atoms with E-state index in [-0.39, 0.29) is 24.7 Å². The fourth-order valence-electron chi connectivity index (χ4n) is 3.88. The number of nitrogens with one attached hydrogen (secondary N) is 2. The van der Waals surface area contributed by atoms with E-state index in [9.17, 15) is 23.6 Å². The van der Waals surface area contributed by atoms with Gasteiger partial charge in [-0.25, -0.2) is 9.18 Å². The number of rotatable bonds is 11. The molecule has 0 fully saturated rings. The van der Waals surface area contributed by atoms with Gasteiger partial charge >= 0.3 is 5.69 Å². The van der Waals surface area contributed by atoms with Crippen molar-refractivity contribution in [1.82, 2.24) is 14.5 Å². The summed E-state index contributed by atoms with van der Waals surface area (Å²) in [5.41, 5.74) is 0.0360. The molecule has 0 saturated carbocycles. The van der Waals surface area contributed by atoms with Crippen LogP contribution >= 0.6 is 0 Å². The molecule has 0 saturated heterocycles. The fraction of sp³-hybridized carbons (Fsp3) is 0.407. The zero-order valence-electron chi connectivity index (χ0n) is 21.0. The third kappa shape index (κ3) is 6.90. The minimum Gasteiger partial charge on any atom is -0.356 e. The summed E-state index contributed by atoms with van der Waals surface area (Å²) >= 11 is 0. The van der Waals surface area contributed by atoms with Gasteiger partial charge in [0.1, 0.15) is 12.4 Å². The standard InChI is InChI=1S/C27H33FN4O4/c1-18(2)13-14-29-24(33)10-6-7-15-31-26(35)21-8-4-5-9-23(21)32(27(31)36)17-25(34)30-20-12-11-19(3)22(28)16-20/h4-5,8-9,11-12,16,18H,6-7,10,13-15,17H2,1-3H3,(H,29,33)(H,30,34). The molecule has 192 valence electrons. The molecule has 0 unspecified atom stereocenters. The topological polar surface area (TPSA) is 102 Å². The van der Waals surface area contributed by atoms with Crippen LogP contribution in [0.4, 0.5) is 10.1 Å². The first-order valence-electron chi connectivity index (χ1n) is 12.2. The summed E-state index contributed by atoms with van der Waals surface area (Å²) in [4.78, 5) is 50.9. The van der Waals surface area contributed by atoms with Gasteiger partial charge in [-0.1, -0.05) is 32.0 Å². The van der Waals surface area contributed by atoms with Gasteiger partial charge in [0.25, 0.3) is 5.56 Å². The number of para-hydroxylation sites is 1. The molecule has 8 nitrogen and oxygen atoms in total. The molecule has 2 N–H and O–H groups in total. The number of carbonyl (C=O) groups is 2. The number of carbonyl (C=O) groups excluding carboxylic acids is 2. The second-order valence-electron chi connectivity index (χ2n) is 9.34. The van der Waals surface area contributed by atoms with Gasteiger partial charge in [-0.2, -0.15) is 0 Å². The van der Waals surface area contributed by atoms with Gasteiger partial charge in [0.05, 0.1) is 10.9 Å². The van der Waals surface area contributed by atoms with Crippen LogP contribution in [0.15, 0.2) is 52.1 Å². The molecule has 36 heavy (non-hydrogen) atoms. The molecule has 0 aliphatic rings. The molecule has 2 aromatic carbocycles. The molecule has 9 heteroatoms. The number of unbranched alkanes of at least 4 members (excludes halogenated alkanes) is 1. The summed E-state index contributed by atoms with van der Waals surface area (Å²) in [5, 5.41) is 5.80. The molecule has 0 aliphatic heterocycles. The van der Waals surface area contributed by atoms with E-state index in [0.29, 0.717) is 48.2 Å². The third-order valence-corrected chi connectivity index (χ3v) is 5.97. The number of halogens is 1. The van der Waals surface area contributed by atoms with Crippen molar-refractivity contribution in [3.05, 3.63) is 74.7 Å². The van der Waals surface area contributed by atoms with Crippen molar-refractivity contribution in [2.45, 2.75) is 59.5 Å². The average Bonchev–Trinajstić information content (AvgIpc) is 2.83. The van der Waals surface area contributed by atoms with Gasteiger partial charge < -0.3 is 10.6 Å². The van der Waals surface area contributed by atoms with Crippen LogP contribution in [0.3, 0.4) is 0 Å². The second-order valence-corrected chi connectivity index (χ2v) is 9.34. The lowest BCUT2D eigenvalue weighted by molar-refractivity contribution is -0.121. The fourth-order valence-corrected chi connectivity index (χ4v) is 3.88. The summed E-state index contributed by atoms with van der Waals surface area (Å²) < 4.78 is 16.2. The first-order valence-corrected chi connectivity index (χ1v) is 12.2. The van der Waals surface area contributed by atoms with E-state index >= 15 is 0 Å². The first kappa shape index (κ1) is 26.8. The van der Waals surface area contributed by atoms with E-state index in [1.54, 1.807) is 43.3 Å². The van der Waals surface area contributed by atoms with Crippen molar-refractivity contribution in [3.63, 3.8) is 0 Å². The van der Waals surface area contributed by atoms with Crippen LogP contribution in [0.25, 0.3) is 10.9 Å². The monoisotopic (exact) mass is 496 g/mol. The van der Waals surface area contributed by atoms with E-state index < -0.39 is 23.0 Å². The van der Waals surface area contributed by atoms with E-state index in [1.165, 1.54) is 10.6 Å². The van der Waals surface area contributed by atoms with Crippen molar-refractivity contribution in [2.24, 2.45) is 5.92 Å². The number of hydrogen-bond acceptors (Lipinski definition) is 4. The zero-order valence-corrected chi connectivity index (χ0v) is 21.0. The van der Waals surface area contributed by atoms with E-state index in [0.717, 1.165) is 11.0 Å². The van der Waals surface area contributed by atoms with Gasteiger partial charge in [0, 0.05) is 25.2 Å². The Balaban J connectivity index is 1.74. The number of anilines is 1. The van der Waals surface area contributed by atoms with Crippen LogP contribution in [0.1, 0.15) is 45.1 Å². The van der Waals surface area contributed by atoms with E-state index in [2.05, 4.69) is 24.5 Å². The highest BCUT2D eigenvalue weighted by Gasteiger charge is 2.16. The Hall–Kier alpha value is -3.75. The van der Waals surface area contributed by atoms with Crippen molar-refractivity contribution >= 4 is 28.4 Å². The normalized spacial score (nSPS) is 11.1. The summed E-state index contributed by atoms with van der Waals surface area (Å²) in [6, 6.07) is 11.0. The van der Waals surface area contributed by atoms with Crippen LogP contribution in [0.5, 0.6) is 0 Å². The Morgan fingerprint density at radius 1 is 1.00 bits per heavy atom. The van der Waals surface area contributed by atoms with Crippen LogP contribution in [-0.2, 0) is 22.7 Å². The van der Waals surface area contributed by atoms with Gasteiger partial charge in [-0.3, -0.25) is 23.5 Å². The summed E-state index contributed by atoms with van der Waals surface area (Å²) in [7, 11) is 0. The smallest absolute Gasteiger partial charge is 0.331 e. The lowest BCUT2D eigenvalue weighted by Gasteiger charge is -2.14. The van der Waals surface area contributed by atoms with Gasteiger partial charge in [0.15, 0.2) is 0 Å². The number of hydrogen-bond donors (Lipinski definition) is 2. The Morgan fingerprint density at radius 3 is 2.47 bits per heavy atom. The van der Waals surface area contributed by atoms with Crippen LogP contribution < -0.4 is 21.9 Å². The van der Waals surface area contributed by atoms with Crippen molar-refractivity contribution < 1.29 is 14.0 Å². The molecular weight excluding hydrogens is 463 g/mol. The predicted octanol–water partition coefficient (Wildman–Crippen LogP) is 3.58. The molecule has 3 aromatic rings. The van der Waals surface area contributed by atoms with Crippen molar-refractivity contribution in [1.29, 1.82) is 0 Å². The SMILES string of the molecule is Cc1ccc(NC(=O)Cn2c(=O)n(CCCCC(=O)NCCC(C)C)c(=O)c3ccccc32)cc1F. The highest BCUT2D eigenvalue weighted by molar-refractivity contribution is 5.91. The minimum atomic E-state index is -0.606. The van der Waals surface area contributed by atoms with Gasteiger partial charge in [0.2, 0.25) is 11.8 Å². The maximum atomic E-state index is 13.8. The Kier molecular flexibility index (Phi) is 9.16. The summed E-state index contributed by atoms with van der Waals surface area (Å²) in [5.74, 6) is -0.512. The van der Waals surface area contributed by atoms with Gasteiger partial charge in [-0.15, -0.1) is 0 Å². The molecule has 3 rings (SSSR count). The lowest BCUT2D eigenvalue weighted by atomic mass is 10.1. The van der Waals surface area contributed by atoms with E-state index in [4.69, 9.17) is 0 Å². The summed E-state index contributed by atoms with van der Waals surface area (Å²) in [6.45, 7) is 6.22. The number of amides is 2. The Morgan fingerprint density at radius 2 is 1.75 bits per heavy atom. The van der Waals surface area contributed by atoms with Gasteiger partial charge in [-0.05, 0) is 61.9 Å². The molecule has 0 aliphatic carbocycles. The molecule has 1 heterocycles. The molecule has 0 radical (unpaired) electrons. The zero-order chi connectivity index (χ0) is 26.2. The third-order valence-electron chi connectivity index (χ3n) is 5.97. The van der Waals surface area contributed by atoms with Crippen molar-refractivity contribution in [2.75, 3.05) is 11.9 Å². The quantitative estimate of drug-likeness (QED) is 0.396. The minimum absolute atomic E-state index is 0.0527. The van der Waals surface area contributed by atoms with E-state index in [1.807, 2.05) is 0 Å². The number of nitrogens with zero attached hydrogens (tertiary/aromatic N) is 2. The molecule has 1 aromatic heterocycles. The highest BCUT2D eigenvalue weighted by atomic mass is 19.1. The van der Waals surface area contributed by atoms with Crippen LogP contribution in [-0.4, -0.2) is 27.5 Å². The number of aryl methyl sites for hydroxylation is 1. The molecule has 0 spiro atoms. The Bertz CT molecular complexity index is 1360. The summed E-state index contributed by atoms with van der Waals surface area (Å²) in [6.07, 6.45) is 2.19. The number of aromatic nitrogens is 2. The Labute approximate surface area is 209 Å². The average molecular weight is 497 g/mol. The maximum absolute atomic E-state index is 13.8. The van der Waals surface area contributed by atoms with Crippen LogP contribution in [0.2, 0.25) is 0 Å². The second kappa shape index (κ2) is 12.3. The first-order chi connectivity index (χ1) is 17.2. The lowest BCUT2D eigenvalue weighted by Crippen LogP contribution is -2.41. The predicted molar refractivity (Wildman–Crippen MR) is 139 cm³/mol. The number of fused-ring (bicyclic) bond motifs is 1. The highest BCUT2D eigenvalue weighted by Crippen LogP contribution is 2.14. The number of benzene rings is 2. The largest absolute Gasteiger partial charge is 0.356 e. The molecule has 0 atom stereocenters. The maximum Gasteiger partial charge on any atom is 0.331 e. The molecule has 0 bridgehead atoms. The molecule has 2 amide bonds. The molecular formula is C27H33FN4O4. The van der Waals surface area contributed by atoms with Crippen molar-refractivity contribution in [3.8, 4) is 0 Å². The van der Waals surface area contributed by atoms with Crippen LogP contribution in [0, 0.1) is 18.7 Å².